The van der Waals surface area contributed by atoms with E-state index in [1.807, 2.05) is 46.4 Å². The molecule has 3 rings (SSSR count). The number of amides is 1. The first-order valence-corrected chi connectivity index (χ1v) is 18.4. The van der Waals surface area contributed by atoms with Gasteiger partial charge < -0.3 is 18.7 Å². The molecule has 4 unspecified atom stereocenters. The summed E-state index contributed by atoms with van der Waals surface area (Å²) in [5.41, 5.74) is 0.203. The number of carbonyl (C=O) groups is 2. The Labute approximate surface area is 265 Å². The van der Waals surface area contributed by atoms with Crippen molar-refractivity contribution < 1.29 is 28.3 Å². The molecule has 1 amide bonds. The van der Waals surface area contributed by atoms with Gasteiger partial charge in [0.1, 0.15) is 17.7 Å². The fourth-order valence-electron chi connectivity index (χ4n) is 4.99. The van der Waals surface area contributed by atoms with Crippen molar-refractivity contribution in [3.05, 3.63) is 11.5 Å². The lowest BCUT2D eigenvalue weighted by molar-refractivity contribution is -0.130. The molecule has 14 heteroatoms. The molecular weight excluding hydrogens is 610 g/mol. The number of nitrogens with zero attached hydrogens (tertiary/aromatic N) is 4. The molecule has 1 saturated heterocycles. The van der Waals surface area contributed by atoms with Crippen molar-refractivity contribution in [1.29, 1.82) is 0 Å². The van der Waals surface area contributed by atoms with Crippen LogP contribution in [-0.4, -0.2) is 80.0 Å². The normalized spacial score (nSPS) is 22.2. The standard InChI is InChI=1S/C29H48ClN5O6SSi/c1-15(2)27(37)34-29-32-25(30)22-26(33-29)35(14-31-22)28-23(36)24(21(40-28)13-39-16(3)4)41-43(38,18(7)8)20(10)12-11-19(9)42-17(5)6/h14-21,24,28,38H,11-13H2,1-10H3,(H,32,33,34,37)/t19?,20?,21?,24-,28-,43?/m1/s1. The number of ketones is 1. The number of nitrogens with one attached hydrogen (secondary N) is 1. The Bertz CT molecular complexity index is 1260. The van der Waals surface area contributed by atoms with Crippen LogP contribution in [-0.2, 0) is 23.5 Å². The second kappa shape index (κ2) is 15.1. The first-order chi connectivity index (χ1) is 20.0. The molecule has 242 valence electrons. The zero-order valence-corrected chi connectivity index (χ0v) is 29.5. The lowest BCUT2D eigenvalue weighted by Crippen LogP contribution is -2.52. The van der Waals surface area contributed by atoms with Gasteiger partial charge in [0.15, 0.2) is 17.0 Å². The third-order valence-corrected chi connectivity index (χ3v) is 13.0. The molecule has 2 N–H and O–H groups in total. The predicted molar refractivity (Wildman–Crippen MR) is 173 cm³/mol. The zero-order chi connectivity index (χ0) is 32.2. The summed E-state index contributed by atoms with van der Waals surface area (Å²) in [7, 11) is -3.44. The molecule has 2 aromatic heterocycles. The molecule has 1 fully saturated rings. The molecule has 1 aliphatic heterocycles. The fourth-order valence-corrected chi connectivity index (χ4v) is 9.30. The molecule has 6 atom stereocenters. The second-order valence-corrected chi connectivity index (χ2v) is 18.8. The highest BCUT2D eigenvalue weighted by Gasteiger charge is 2.53. The molecule has 1 aliphatic rings. The van der Waals surface area contributed by atoms with Crippen LogP contribution in [0.15, 0.2) is 6.33 Å². The molecule has 11 nitrogen and oxygen atoms in total. The van der Waals surface area contributed by atoms with Gasteiger partial charge in [-0.05, 0) is 37.5 Å². The number of carbonyl (C=O) groups excluding carboxylic acids is 2. The van der Waals surface area contributed by atoms with Crippen molar-refractivity contribution in [2.24, 2.45) is 5.92 Å². The van der Waals surface area contributed by atoms with Crippen LogP contribution in [0.2, 0.25) is 16.2 Å². The summed E-state index contributed by atoms with van der Waals surface area (Å²) < 4.78 is 20.2. The van der Waals surface area contributed by atoms with E-state index in [1.165, 1.54) is 10.9 Å². The number of anilines is 1. The third kappa shape index (κ3) is 8.77. The molecule has 0 aromatic carbocycles. The lowest BCUT2D eigenvalue weighted by Gasteiger charge is -2.37. The minimum absolute atomic E-state index is 0.00356. The zero-order valence-electron chi connectivity index (χ0n) is 27.0. The highest BCUT2D eigenvalue weighted by molar-refractivity contribution is 8.00. The third-order valence-electron chi connectivity index (χ3n) is 7.51. The minimum atomic E-state index is -3.44. The van der Waals surface area contributed by atoms with Crippen LogP contribution in [0.3, 0.4) is 0 Å². The summed E-state index contributed by atoms with van der Waals surface area (Å²) in [5, 5.41) is 3.64. The van der Waals surface area contributed by atoms with Crippen molar-refractivity contribution >= 4 is 60.7 Å². The molecule has 0 bridgehead atoms. The molecule has 0 radical (unpaired) electrons. The van der Waals surface area contributed by atoms with E-state index in [-0.39, 0.29) is 63.7 Å². The Kier molecular flexibility index (Phi) is 12.6. The molecule has 0 spiro atoms. The highest BCUT2D eigenvalue weighted by atomic mass is 35.5. The van der Waals surface area contributed by atoms with Crippen molar-refractivity contribution in [1.82, 2.24) is 19.5 Å². The molecule has 3 heterocycles. The van der Waals surface area contributed by atoms with Gasteiger partial charge in [-0.25, -0.2) is 4.98 Å². The van der Waals surface area contributed by atoms with Crippen molar-refractivity contribution in [3.63, 3.8) is 0 Å². The van der Waals surface area contributed by atoms with E-state index in [4.69, 9.17) is 25.5 Å². The second-order valence-electron chi connectivity index (χ2n) is 12.5. The Morgan fingerprint density at radius 2 is 1.81 bits per heavy atom. The van der Waals surface area contributed by atoms with E-state index in [1.54, 1.807) is 13.8 Å². The van der Waals surface area contributed by atoms with E-state index >= 15 is 0 Å². The van der Waals surface area contributed by atoms with E-state index in [0.717, 1.165) is 12.8 Å². The van der Waals surface area contributed by atoms with Gasteiger partial charge in [-0.3, -0.25) is 19.5 Å². The molecular formula is C29H48ClN5O6SSi. The summed E-state index contributed by atoms with van der Waals surface area (Å²) in [4.78, 5) is 51.3. The maximum Gasteiger partial charge on any atom is 0.341 e. The number of imidazole rings is 1. The van der Waals surface area contributed by atoms with Crippen molar-refractivity contribution in [3.8, 4) is 0 Å². The van der Waals surface area contributed by atoms with E-state index in [9.17, 15) is 14.4 Å². The highest BCUT2D eigenvalue weighted by Crippen LogP contribution is 2.40. The summed E-state index contributed by atoms with van der Waals surface area (Å²) >= 11 is 8.30. The minimum Gasteiger partial charge on any atom is -0.410 e. The van der Waals surface area contributed by atoms with Crippen LogP contribution >= 0.6 is 23.4 Å². The number of thioether (sulfide) groups is 1. The van der Waals surface area contributed by atoms with Gasteiger partial charge in [0, 0.05) is 16.7 Å². The Morgan fingerprint density at radius 1 is 1.14 bits per heavy atom. The molecule has 0 saturated carbocycles. The first-order valence-electron chi connectivity index (χ1n) is 15.1. The number of hydrogen-bond donors (Lipinski definition) is 2. The largest absolute Gasteiger partial charge is 0.410 e. The van der Waals surface area contributed by atoms with Gasteiger partial charge in [-0.2, -0.15) is 21.7 Å². The van der Waals surface area contributed by atoms with Crippen LogP contribution in [0.1, 0.15) is 88.3 Å². The molecule has 2 aromatic rings. The van der Waals surface area contributed by atoms with Crippen LogP contribution in [0.25, 0.3) is 11.2 Å². The maximum atomic E-state index is 14.1. The first kappa shape index (κ1) is 35.9. The van der Waals surface area contributed by atoms with E-state index < -0.39 is 27.0 Å². The molecule has 43 heavy (non-hydrogen) atoms. The van der Waals surface area contributed by atoms with Gasteiger partial charge in [-0.1, -0.05) is 67.0 Å². The Morgan fingerprint density at radius 3 is 2.40 bits per heavy atom. The number of Topliss-reactive ketones (excluding diaryl/α,β-unsaturated/α-hetero) is 1. The number of hydrogen-bond acceptors (Lipinski definition) is 10. The number of fused-ring (bicyclic) bond motifs is 1. The quantitative estimate of drug-likeness (QED) is 0.176. The summed E-state index contributed by atoms with van der Waals surface area (Å²) in [6.45, 7) is 19.9. The molecule has 0 aliphatic carbocycles. The van der Waals surface area contributed by atoms with E-state index in [2.05, 4.69) is 41.0 Å². The summed E-state index contributed by atoms with van der Waals surface area (Å²) in [6, 6.07) is 0. The van der Waals surface area contributed by atoms with Gasteiger partial charge >= 0.3 is 8.56 Å². The predicted octanol–water partition coefficient (Wildman–Crippen LogP) is 5.90. The fraction of sp³-hybridized carbons (Fsp3) is 0.759. The lowest BCUT2D eigenvalue weighted by atomic mass is 10.1. The van der Waals surface area contributed by atoms with E-state index in [0.29, 0.717) is 10.5 Å². The Hall–Kier alpha value is -1.61. The number of halogens is 1. The van der Waals surface area contributed by atoms with Crippen LogP contribution < -0.4 is 5.32 Å². The SMILES string of the molecule is CC(C)OCC1O[C@@H](n2cnc3c(Cl)nc(NC(=O)C(C)C)nc32)C(=O)[C@@H]1O[Si](O)(C(C)C)C(C)CCC(C)SC(C)C. The monoisotopic (exact) mass is 657 g/mol. The van der Waals surface area contributed by atoms with Crippen molar-refractivity contribution in [2.45, 2.75) is 128 Å². The van der Waals surface area contributed by atoms with Crippen LogP contribution in [0.4, 0.5) is 5.95 Å². The average molecular weight is 658 g/mol. The average Bonchev–Trinajstić information content (AvgIpc) is 3.46. The van der Waals surface area contributed by atoms with Gasteiger partial charge in [0.25, 0.3) is 0 Å². The smallest absolute Gasteiger partial charge is 0.341 e. The number of rotatable bonds is 15. The van der Waals surface area contributed by atoms with Crippen molar-refractivity contribution in [2.75, 3.05) is 11.9 Å². The Balaban J connectivity index is 1.93. The number of ether oxygens (including phenoxy) is 2. The maximum absolute atomic E-state index is 14.1. The van der Waals surface area contributed by atoms with Gasteiger partial charge in [-0.15, -0.1) is 0 Å². The topological polar surface area (TPSA) is 138 Å². The summed E-state index contributed by atoms with van der Waals surface area (Å²) in [6.07, 6.45) is 0.0479. The summed E-state index contributed by atoms with van der Waals surface area (Å²) in [5.74, 6) is -0.957. The van der Waals surface area contributed by atoms with Crippen LogP contribution in [0.5, 0.6) is 0 Å². The van der Waals surface area contributed by atoms with Gasteiger partial charge in [0.2, 0.25) is 17.6 Å². The van der Waals surface area contributed by atoms with Crippen LogP contribution in [0, 0.1) is 5.92 Å². The number of aromatic nitrogens is 4. The van der Waals surface area contributed by atoms with Gasteiger partial charge in [0.05, 0.1) is 19.0 Å².